The minimum Gasteiger partial charge on any atom is -0.490 e. The molecule has 0 aliphatic heterocycles. The lowest BCUT2D eigenvalue weighted by Gasteiger charge is -2.11. The van der Waals surface area contributed by atoms with Gasteiger partial charge >= 0.3 is 5.97 Å². The van der Waals surface area contributed by atoms with Crippen LogP contribution >= 0.6 is 11.6 Å². The molecule has 0 radical (unpaired) electrons. The Hall–Kier alpha value is -5.48. The molecule has 0 fully saturated rings. The number of nitro benzene ring substituents is 1. The van der Waals surface area contributed by atoms with Crippen molar-refractivity contribution < 1.29 is 24.0 Å². The molecule has 0 unspecified atom stereocenters. The molecular weight excluding hydrogens is 584 g/mol. The number of halogens is 1. The van der Waals surface area contributed by atoms with Crippen molar-refractivity contribution in [1.82, 2.24) is 10.4 Å². The average molecular weight is 611 g/mol. The molecule has 0 aliphatic carbocycles. The highest BCUT2D eigenvalue weighted by Crippen LogP contribution is 2.38. The predicted octanol–water partition coefficient (Wildman–Crippen LogP) is 7.40. The molecule has 10 nitrogen and oxygen atoms in total. The Bertz CT molecular complexity index is 1930. The Kier molecular flexibility index (Phi) is 8.73. The molecule has 0 bridgehead atoms. The first-order chi connectivity index (χ1) is 21.2. The van der Waals surface area contributed by atoms with Crippen molar-refractivity contribution >= 4 is 46.3 Å². The van der Waals surface area contributed by atoms with Crippen molar-refractivity contribution in [2.75, 3.05) is 6.61 Å². The van der Waals surface area contributed by atoms with Gasteiger partial charge in [-0.1, -0.05) is 41.4 Å². The topological polar surface area (TPSA) is 136 Å². The van der Waals surface area contributed by atoms with Gasteiger partial charge in [0, 0.05) is 39.2 Å². The number of hydrazone groups is 1. The molecule has 44 heavy (non-hydrogen) atoms. The largest absolute Gasteiger partial charge is 0.490 e. The van der Waals surface area contributed by atoms with Gasteiger partial charge in [-0.25, -0.2) is 10.2 Å². The molecule has 0 spiro atoms. The van der Waals surface area contributed by atoms with E-state index in [1.54, 1.807) is 25.1 Å². The second-order valence-corrected chi connectivity index (χ2v) is 10.3. The van der Waals surface area contributed by atoms with E-state index < -0.39 is 16.8 Å². The molecule has 0 aliphatic rings. The Morgan fingerprint density at radius 2 is 1.77 bits per heavy atom. The van der Waals surface area contributed by atoms with Crippen LogP contribution in [0, 0.1) is 24.0 Å². The number of aromatic nitrogens is 1. The van der Waals surface area contributed by atoms with E-state index in [0.29, 0.717) is 28.5 Å². The number of rotatable bonds is 9. The van der Waals surface area contributed by atoms with Gasteiger partial charge in [-0.05, 0) is 74.4 Å². The summed E-state index contributed by atoms with van der Waals surface area (Å²) in [6.07, 6.45) is 1.44. The number of hydrogen-bond donors (Lipinski definition) is 2. The zero-order valence-corrected chi connectivity index (χ0v) is 24.8. The number of nitrogens with one attached hydrogen (secondary N) is 2. The summed E-state index contributed by atoms with van der Waals surface area (Å²) in [5.41, 5.74) is 7.77. The van der Waals surface area contributed by atoms with E-state index in [0.717, 1.165) is 27.6 Å². The third-order valence-corrected chi connectivity index (χ3v) is 7.11. The van der Waals surface area contributed by atoms with Gasteiger partial charge in [-0.2, -0.15) is 5.10 Å². The van der Waals surface area contributed by atoms with Crippen molar-refractivity contribution in [3.05, 3.63) is 122 Å². The zero-order valence-electron chi connectivity index (χ0n) is 24.0. The van der Waals surface area contributed by atoms with Crippen molar-refractivity contribution in [2.45, 2.75) is 20.8 Å². The summed E-state index contributed by atoms with van der Waals surface area (Å²) < 4.78 is 11.1. The highest BCUT2D eigenvalue weighted by Gasteiger charge is 2.22. The number of carbonyl (C=O) groups is 2. The number of benzene rings is 4. The van der Waals surface area contributed by atoms with E-state index in [-0.39, 0.29) is 22.7 Å². The highest BCUT2D eigenvalue weighted by molar-refractivity contribution is 6.34. The third-order valence-electron chi connectivity index (χ3n) is 6.78. The fourth-order valence-corrected chi connectivity index (χ4v) is 5.05. The summed E-state index contributed by atoms with van der Waals surface area (Å²) in [6.45, 7) is 6.05. The van der Waals surface area contributed by atoms with Gasteiger partial charge in [0.05, 0.1) is 23.3 Å². The molecule has 11 heteroatoms. The van der Waals surface area contributed by atoms with Gasteiger partial charge < -0.3 is 14.5 Å². The predicted molar refractivity (Wildman–Crippen MR) is 169 cm³/mol. The molecule has 1 aromatic heterocycles. The van der Waals surface area contributed by atoms with E-state index in [4.69, 9.17) is 21.1 Å². The van der Waals surface area contributed by atoms with Gasteiger partial charge in [-0.15, -0.1) is 0 Å². The molecule has 1 heterocycles. The lowest BCUT2D eigenvalue weighted by molar-refractivity contribution is -0.384. The number of aromatic amines is 1. The summed E-state index contributed by atoms with van der Waals surface area (Å²) >= 11 is 6.55. The van der Waals surface area contributed by atoms with Gasteiger partial charge in [0.15, 0.2) is 11.5 Å². The van der Waals surface area contributed by atoms with Crippen LogP contribution in [0.4, 0.5) is 5.69 Å². The first-order valence-electron chi connectivity index (χ1n) is 13.6. The monoisotopic (exact) mass is 610 g/mol. The van der Waals surface area contributed by atoms with Crippen molar-refractivity contribution in [3.8, 4) is 22.6 Å². The fourth-order valence-electron chi connectivity index (χ4n) is 4.82. The van der Waals surface area contributed by atoms with Gasteiger partial charge in [0.1, 0.15) is 5.69 Å². The summed E-state index contributed by atoms with van der Waals surface area (Å²) in [4.78, 5) is 39.7. The molecule has 4 aromatic carbocycles. The van der Waals surface area contributed by atoms with E-state index in [1.807, 2.05) is 44.2 Å². The number of non-ortho nitro benzene ring substituents is 1. The Balaban J connectivity index is 1.37. The third kappa shape index (κ3) is 6.30. The molecule has 5 rings (SSSR count). The lowest BCUT2D eigenvalue weighted by atomic mass is 9.99. The SMILES string of the molecule is CCOc1cc(C=NNC(=O)c2[nH]c3c(C)cc(C)cc3c2-c2ccccc2Cl)ccc1OC(=O)c1ccc([N+](=O)[O-])cc1. The first-order valence-corrected chi connectivity index (χ1v) is 14.0. The number of aryl methyl sites for hydroxylation is 2. The molecule has 0 saturated heterocycles. The quantitative estimate of drug-likeness (QED) is 0.0587. The van der Waals surface area contributed by atoms with E-state index in [1.165, 1.54) is 36.5 Å². The van der Waals surface area contributed by atoms with Crippen LogP contribution in [-0.2, 0) is 0 Å². The number of ether oxygens (including phenoxy) is 2. The molecule has 2 N–H and O–H groups in total. The maximum atomic E-state index is 13.4. The second kappa shape index (κ2) is 12.8. The van der Waals surface area contributed by atoms with E-state index in [2.05, 4.69) is 15.5 Å². The van der Waals surface area contributed by atoms with E-state index >= 15 is 0 Å². The normalized spacial score (nSPS) is 11.1. The minimum absolute atomic E-state index is 0.137. The number of nitrogens with zero attached hydrogens (tertiary/aromatic N) is 2. The minimum atomic E-state index is -0.701. The van der Waals surface area contributed by atoms with Crippen LogP contribution in [-0.4, -0.2) is 34.6 Å². The van der Waals surface area contributed by atoms with E-state index in [9.17, 15) is 19.7 Å². The number of nitro groups is 1. The van der Waals surface area contributed by atoms with Gasteiger partial charge in [-0.3, -0.25) is 14.9 Å². The number of esters is 1. The van der Waals surface area contributed by atoms with Crippen LogP contribution in [0.15, 0.2) is 84.0 Å². The maximum absolute atomic E-state index is 13.4. The summed E-state index contributed by atoms with van der Waals surface area (Å²) in [7, 11) is 0. The summed E-state index contributed by atoms with van der Waals surface area (Å²) in [5.74, 6) is -0.722. The molecule has 5 aromatic rings. The lowest BCUT2D eigenvalue weighted by Crippen LogP contribution is -2.19. The summed E-state index contributed by atoms with van der Waals surface area (Å²) in [5, 5.41) is 16.4. The van der Waals surface area contributed by atoms with Crippen molar-refractivity contribution in [3.63, 3.8) is 0 Å². The zero-order chi connectivity index (χ0) is 31.4. The van der Waals surface area contributed by atoms with Crippen LogP contribution < -0.4 is 14.9 Å². The molecule has 222 valence electrons. The first kappa shape index (κ1) is 30.0. The highest BCUT2D eigenvalue weighted by atomic mass is 35.5. The number of amides is 1. The van der Waals surface area contributed by atoms with Gasteiger partial charge in [0.2, 0.25) is 0 Å². The van der Waals surface area contributed by atoms with Crippen LogP contribution in [0.1, 0.15) is 44.5 Å². The van der Waals surface area contributed by atoms with Crippen LogP contribution in [0.2, 0.25) is 5.02 Å². The maximum Gasteiger partial charge on any atom is 0.343 e. The van der Waals surface area contributed by atoms with Gasteiger partial charge in [0.25, 0.3) is 11.6 Å². The fraction of sp³-hybridized carbons (Fsp3) is 0.121. The van der Waals surface area contributed by atoms with Crippen LogP contribution in [0.25, 0.3) is 22.0 Å². The number of hydrogen-bond acceptors (Lipinski definition) is 7. The number of carbonyl (C=O) groups excluding carboxylic acids is 2. The van der Waals surface area contributed by atoms with Crippen molar-refractivity contribution in [2.24, 2.45) is 5.10 Å². The number of fused-ring (bicyclic) bond motifs is 1. The molecule has 0 atom stereocenters. The smallest absolute Gasteiger partial charge is 0.343 e. The molecular formula is C33H27ClN4O6. The second-order valence-electron chi connectivity index (χ2n) is 9.89. The summed E-state index contributed by atoms with van der Waals surface area (Å²) in [6, 6.07) is 21.3. The van der Waals surface area contributed by atoms with Crippen LogP contribution in [0.3, 0.4) is 0 Å². The van der Waals surface area contributed by atoms with Crippen molar-refractivity contribution in [1.29, 1.82) is 0 Å². The molecule has 0 saturated carbocycles. The Labute approximate surface area is 257 Å². The number of H-pyrrole nitrogens is 1. The Morgan fingerprint density at radius 3 is 2.48 bits per heavy atom. The van der Waals surface area contributed by atoms with Crippen LogP contribution in [0.5, 0.6) is 11.5 Å². The Morgan fingerprint density at radius 1 is 1.02 bits per heavy atom. The average Bonchev–Trinajstić information content (AvgIpc) is 3.38. The standard InChI is InChI=1S/C33H27ClN4O6/c1-4-43-28-17-21(9-14-27(28)44-33(40)22-10-12-23(13-11-22)38(41)42)18-35-37-32(39)31-29(24-7-5-6-8-26(24)34)25-16-19(2)15-20(3)30(25)36-31/h5-18,36H,4H2,1-3H3,(H,37,39). The molecule has 1 amide bonds.